The van der Waals surface area contributed by atoms with Gasteiger partial charge in [-0.05, 0) is 141 Å². The summed E-state index contributed by atoms with van der Waals surface area (Å²) in [5.41, 5.74) is 12.1. The van der Waals surface area contributed by atoms with E-state index in [1.807, 2.05) is 6.08 Å². The lowest BCUT2D eigenvalue weighted by Crippen LogP contribution is -1.97. The molecule has 0 heterocycles. The van der Waals surface area contributed by atoms with Crippen LogP contribution in [-0.2, 0) is 0 Å². The minimum atomic E-state index is 1.14. The Morgan fingerprint density at radius 2 is 0.782 bits per heavy atom. The molecule has 0 aliphatic heterocycles. The number of benzene rings is 10. The van der Waals surface area contributed by atoms with Crippen molar-refractivity contribution in [3.8, 4) is 44.5 Å². The van der Waals surface area contributed by atoms with E-state index >= 15 is 0 Å². The molecule has 0 radical (unpaired) electrons. The lowest BCUT2D eigenvalue weighted by atomic mass is 9.81. The molecule has 0 unspecified atom stereocenters. The second-order valence-corrected chi connectivity index (χ2v) is 14.4. The molecule has 0 aromatic heterocycles. The third-order valence-corrected chi connectivity index (χ3v) is 11.3. The lowest BCUT2D eigenvalue weighted by molar-refractivity contribution is 1.57. The van der Waals surface area contributed by atoms with Crippen molar-refractivity contribution in [2.24, 2.45) is 0 Å². The molecular weight excluding hydrogens is 661 g/mol. The molecule has 10 aromatic carbocycles. The first-order valence-electron chi connectivity index (χ1n) is 19.1. The molecule has 10 aromatic rings. The smallest absolute Gasteiger partial charge is 0.00203 e. The number of fused-ring (bicyclic) bond motifs is 5. The molecule has 0 saturated carbocycles. The van der Waals surface area contributed by atoms with Crippen molar-refractivity contribution in [2.75, 3.05) is 0 Å². The predicted octanol–water partition coefficient (Wildman–Crippen LogP) is 15.8. The topological polar surface area (TPSA) is 0 Å². The van der Waals surface area contributed by atoms with Gasteiger partial charge in [0.15, 0.2) is 0 Å². The van der Waals surface area contributed by atoms with Crippen LogP contribution in [0.4, 0.5) is 0 Å². The molecule has 0 fully saturated rings. The Labute approximate surface area is 322 Å². The third kappa shape index (κ3) is 5.38. The fourth-order valence-electron chi connectivity index (χ4n) is 8.90. The van der Waals surface area contributed by atoms with Crippen LogP contribution >= 0.6 is 0 Å². The SMILES string of the molecule is C=Cc1c(-c2ccccc2)c(-c2ccccc2)c2ccc(-c3c4ccccc4c(-c4ccc5cc6ccccc6cc5c4)c4ccccc34)cc2c1/C=C\C. The van der Waals surface area contributed by atoms with Crippen LogP contribution in [-0.4, -0.2) is 0 Å². The average molecular weight is 699 g/mol. The van der Waals surface area contributed by atoms with Crippen LogP contribution in [0.5, 0.6) is 0 Å². The summed E-state index contributed by atoms with van der Waals surface area (Å²) in [6, 6.07) is 66.8. The molecule has 0 bridgehead atoms. The molecule has 0 nitrogen and oxygen atoms in total. The van der Waals surface area contributed by atoms with Gasteiger partial charge in [-0.1, -0.05) is 183 Å². The van der Waals surface area contributed by atoms with E-state index in [2.05, 4.69) is 208 Å². The lowest BCUT2D eigenvalue weighted by Gasteiger charge is -2.22. The van der Waals surface area contributed by atoms with Crippen molar-refractivity contribution in [3.63, 3.8) is 0 Å². The third-order valence-electron chi connectivity index (χ3n) is 11.3. The maximum Gasteiger partial charge on any atom is -0.00203 e. The van der Waals surface area contributed by atoms with E-state index in [1.165, 1.54) is 104 Å². The Balaban J connectivity index is 1.28. The minimum Gasteiger partial charge on any atom is -0.0984 e. The number of hydrogen-bond acceptors (Lipinski definition) is 0. The summed E-state index contributed by atoms with van der Waals surface area (Å²) < 4.78 is 0. The molecule has 0 amide bonds. The zero-order chi connectivity index (χ0) is 36.9. The van der Waals surface area contributed by atoms with Crippen molar-refractivity contribution < 1.29 is 0 Å². The average Bonchev–Trinajstić information content (AvgIpc) is 3.25. The minimum absolute atomic E-state index is 1.14. The van der Waals surface area contributed by atoms with Gasteiger partial charge in [0.1, 0.15) is 0 Å². The van der Waals surface area contributed by atoms with E-state index < -0.39 is 0 Å². The number of rotatable bonds is 6. The molecular formula is C55H38. The normalized spacial score (nSPS) is 11.7. The zero-order valence-corrected chi connectivity index (χ0v) is 30.8. The van der Waals surface area contributed by atoms with Crippen LogP contribution < -0.4 is 0 Å². The molecule has 0 spiro atoms. The van der Waals surface area contributed by atoms with Gasteiger partial charge in [0.25, 0.3) is 0 Å². The highest BCUT2D eigenvalue weighted by atomic mass is 14.2. The highest BCUT2D eigenvalue weighted by Crippen LogP contribution is 2.48. The molecule has 258 valence electrons. The molecule has 10 rings (SSSR count). The Hall–Kier alpha value is -7.02. The molecule has 0 N–H and O–H groups in total. The Kier molecular flexibility index (Phi) is 7.97. The second kappa shape index (κ2) is 13.4. The second-order valence-electron chi connectivity index (χ2n) is 14.4. The van der Waals surface area contributed by atoms with E-state index in [-0.39, 0.29) is 0 Å². The molecule has 55 heavy (non-hydrogen) atoms. The van der Waals surface area contributed by atoms with Crippen LogP contribution in [0.3, 0.4) is 0 Å². The summed E-state index contributed by atoms with van der Waals surface area (Å²) in [7, 11) is 0. The van der Waals surface area contributed by atoms with Gasteiger partial charge in [0.05, 0.1) is 0 Å². The van der Waals surface area contributed by atoms with Crippen LogP contribution in [0.25, 0.3) is 111 Å². The van der Waals surface area contributed by atoms with Gasteiger partial charge in [-0.3, -0.25) is 0 Å². The molecule has 0 heteroatoms. The maximum absolute atomic E-state index is 4.40. The summed E-state index contributed by atoms with van der Waals surface area (Å²) in [6.07, 6.45) is 6.45. The van der Waals surface area contributed by atoms with Crippen molar-refractivity contribution in [3.05, 3.63) is 206 Å². The largest absolute Gasteiger partial charge is 0.0984 e. The zero-order valence-electron chi connectivity index (χ0n) is 30.8. The van der Waals surface area contributed by atoms with E-state index in [4.69, 9.17) is 0 Å². The van der Waals surface area contributed by atoms with Gasteiger partial charge in [-0.15, -0.1) is 0 Å². The van der Waals surface area contributed by atoms with Crippen molar-refractivity contribution in [1.82, 2.24) is 0 Å². The standard InChI is InChI=1S/C55H38/c1-3-17-45-44(4-2)54(36-18-7-5-8-19-36)55(37-20-9-6-10-21-37)50-31-30-42(35-51(45)50)53-48-26-15-13-24-46(48)52(47-25-14-16-27-49(47)53)41-29-28-40-32-38-22-11-12-23-39(38)33-43(40)34-41/h3-35H,2H2,1H3/b17-3-. The van der Waals surface area contributed by atoms with Crippen LogP contribution in [0.1, 0.15) is 18.1 Å². The van der Waals surface area contributed by atoms with Gasteiger partial charge in [-0.2, -0.15) is 0 Å². The van der Waals surface area contributed by atoms with Gasteiger partial charge < -0.3 is 0 Å². The fourth-order valence-corrected chi connectivity index (χ4v) is 8.90. The Bertz CT molecular complexity index is 3090. The maximum atomic E-state index is 4.40. The van der Waals surface area contributed by atoms with E-state index in [9.17, 15) is 0 Å². The molecule has 0 aliphatic rings. The van der Waals surface area contributed by atoms with Gasteiger partial charge in [-0.25, -0.2) is 0 Å². The summed E-state index contributed by atoms with van der Waals surface area (Å²) in [4.78, 5) is 0. The van der Waals surface area contributed by atoms with Gasteiger partial charge in [0.2, 0.25) is 0 Å². The van der Waals surface area contributed by atoms with Crippen molar-refractivity contribution in [1.29, 1.82) is 0 Å². The van der Waals surface area contributed by atoms with Crippen LogP contribution in [0.15, 0.2) is 195 Å². The van der Waals surface area contributed by atoms with E-state index in [0.29, 0.717) is 0 Å². The molecule has 0 atom stereocenters. The quantitative estimate of drug-likeness (QED) is 0.152. The first kappa shape index (κ1) is 32.6. The number of allylic oxidation sites excluding steroid dienone is 1. The van der Waals surface area contributed by atoms with Crippen LogP contribution in [0, 0.1) is 0 Å². The molecule has 0 aliphatic carbocycles. The van der Waals surface area contributed by atoms with Crippen molar-refractivity contribution >= 4 is 66.0 Å². The van der Waals surface area contributed by atoms with E-state index in [1.54, 1.807) is 0 Å². The van der Waals surface area contributed by atoms with Crippen LogP contribution in [0.2, 0.25) is 0 Å². The van der Waals surface area contributed by atoms with Gasteiger partial charge in [0, 0.05) is 0 Å². The predicted molar refractivity (Wildman–Crippen MR) is 241 cm³/mol. The summed E-state index contributed by atoms with van der Waals surface area (Å²) in [5, 5.41) is 12.5. The first-order chi connectivity index (χ1) is 27.2. The Morgan fingerprint density at radius 1 is 0.327 bits per heavy atom. The monoisotopic (exact) mass is 698 g/mol. The summed E-state index contributed by atoms with van der Waals surface area (Å²) in [6.45, 7) is 6.50. The highest BCUT2D eigenvalue weighted by Gasteiger charge is 2.22. The summed E-state index contributed by atoms with van der Waals surface area (Å²) in [5.74, 6) is 0. The Morgan fingerprint density at radius 3 is 1.35 bits per heavy atom. The highest BCUT2D eigenvalue weighted by molar-refractivity contribution is 6.23. The number of hydrogen-bond donors (Lipinski definition) is 0. The van der Waals surface area contributed by atoms with Crippen molar-refractivity contribution in [2.45, 2.75) is 6.92 Å². The molecule has 0 saturated heterocycles. The first-order valence-corrected chi connectivity index (χ1v) is 19.1. The summed E-state index contributed by atoms with van der Waals surface area (Å²) >= 11 is 0. The van der Waals surface area contributed by atoms with Gasteiger partial charge >= 0.3 is 0 Å². The fraction of sp³-hybridized carbons (Fsp3) is 0.0182. The van der Waals surface area contributed by atoms with E-state index in [0.717, 1.165) is 5.56 Å².